The van der Waals surface area contributed by atoms with Crippen molar-refractivity contribution in [1.82, 2.24) is 4.98 Å². The minimum Gasteiger partial charge on any atom is -0.508 e. The summed E-state index contributed by atoms with van der Waals surface area (Å²) < 4.78 is 0. The van der Waals surface area contributed by atoms with E-state index in [2.05, 4.69) is 10.3 Å². The second-order valence-corrected chi connectivity index (χ2v) is 4.18. The van der Waals surface area contributed by atoms with E-state index < -0.39 is 6.04 Å². The van der Waals surface area contributed by atoms with Crippen molar-refractivity contribution in [3.05, 3.63) is 54.2 Å². The molecule has 0 aliphatic rings. The minimum atomic E-state index is -0.661. The van der Waals surface area contributed by atoms with E-state index in [0.29, 0.717) is 12.2 Å². The average Bonchev–Trinajstić information content (AvgIpc) is 2.42. The van der Waals surface area contributed by atoms with Crippen LogP contribution in [-0.2, 0) is 11.2 Å². The Kier molecular flexibility index (Phi) is 4.10. The lowest BCUT2D eigenvalue weighted by Gasteiger charge is -2.11. The van der Waals surface area contributed by atoms with Crippen LogP contribution in [0, 0.1) is 0 Å². The fourth-order valence-corrected chi connectivity index (χ4v) is 1.63. The second kappa shape index (κ2) is 5.97. The van der Waals surface area contributed by atoms with Gasteiger partial charge in [0, 0.05) is 6.20 Å². The van der Waals surface area contributed by atoms with E-state index in [-0.39, 0.29) is 11.7 Å². The summed E-state index contributed by atoms with van der Waals surface area (Å²) in [6.45, 7) is 0. The highest BCUT2D eigenvalue weighted by Crippen LogP contribution is 2.11. The highest BCUT2D eigenvalue weighted by atomic mass is 16.3. The maximum atomic E-state index is 11.9. The zero-order chi connectivity index (χ0) is 13.7. The predicted octanol–water partition coefficient (Wildman–Crippen LogP) is 1.30. The fraction of sp³-hybridized carbons (Fsp3) is 0.143. The van der Waals surface area contributed by atoms with Gasteiger partial charge in [-0.2, -0.15) is 0 Å². The molecule has 98 valence electrons. The Labute approximate surface area is 111 Å². The Morgan fingerprint density at radius 3 is 2.63 bits per heavy atom. The van der Waals surface area contributed by atoms with Gasteiger partial charge in [0.25, 0.3) is 0 Å². The molecule has 1 amide bonds. The van der Waals surface area contributed by atoms with E-state index in [0.717, 1.165) is 5.56 Å². The van der Waals surface area contributed by atoms with Gasteiger partial charge in [0.15, 0.2) is 0 Å². The third-order valence-electron chi connectivity index (χ3n) is 2.64. The van der Waals surface area contributed by atoms with Gasteiger partial charge in [-0.3, -0.25) is 4.79 Å². The van der Waals surface area contributed by atoms with Crippen LogP contribution in [0.4, 0.5) is 5.82 Å². The van der Waals surface area contributed by atoms with Crippen molar-refractivity contribution in [1.29, 1.82) is 0 Å². The summed E-state index contributed by atoms with van der Waals surface area (Å²) in [5.74, 6) is 0.385. The van der Waals surface area contributed by atoms with Gasteiger partial charge < -0.3 is 16.2 Å². The van der Waals surface area contributed by atoms with Crippen molar-refractivity contribution >= 4 is 11.7 Å². The zero-order valence-electron chi connectivity index (χ0n) is 10.3. The third-order valence-corrected chi connectivity index (χ3v) is 2.64. The Morgan fingerprint density at radius 2 is 2.00 bits per heavy atom. The lowest BCUT2D eigenvalue weighted by atomic mass is 10.1. The number of rotatable bonds is 4. The number of anilines is 1. The number of nitrogens with two attached hydrogens (primary N) is 1. The first-order valence-corrected chi connectivity index (χ1v) is 5.90. The Morgan fingerprint density at radius 1 is 1.26 bits per heavy atom. The molecule has 0 fully saturated rings. The Hall–Kier alpha value is -2.40. The number of nitrogens with one attached hydrogen (secondary N) is 1. The number of phenols is 1. The van der Waals surface area contributed by atoms with Crippen LogP contribution in [0.1, 0.15) is 5.56 Å². The normalized spacial score (nSPS) is 11.8. The molecule has 2 rings (SSSR count). The average molecular weight is 257 g/mol. The van der Waals surface area contributed by atoms with Gasteiger partial charge in [0.2, 0.25) is 5.91 Å². The summed E-state index contributed by atoms with van der Waals surface area (Å²) in [6, 6.07) is 11.2. The van der Waals surface area contributed by atoms with Crippen molar-refractivity contribution in [2.24, 2.45) is 5.73 Å². The molecule has 0 unspecified atom stereocenters. The molecule has 1 aromatic heterocycles. The van der Waals surface area contributed by atoms with Gasteiger partial charge in [-0.1, -0.05) is 18.2 Å². The number of nitrogens with zero attached hydrogens (tertiary/aromatic N) is 1. The highest BCUT2D eigenvalue weighted by molar-refractivity contribution is 5.94. The van der Waals surface area contributed by atoms with Gasteiger partial charge in [-0.15, -0.1) is 0 Å². The van der Waals surface area contributed by atoms with Gasteiger partial charge in [0.05, 0.1) is 6.04 Å². The van der Waals surface area contributed by atoms with E-state index in [4.69, 9.17) is 5.73 Å². The molecule has 0 saturated carbocycles. The number of phenolic OH excluding ortho intramolecular Hbond substituents is 1. The van der Waals surface area contributed by atoms with Crippen LogP contribution < -0.4 is 11.1 Å². The van der Waals surface area contributed by atoms with Crippen LogP contribution in [-0.4, -0.2) is 22.0 Å². The van der Waals surface area contributed by atoms with E-state index >= 15 is 0 Å². The number of carbonyl (C=O) groups excluding carboxylic acids is 1. The first-order valence-electron chi connectivity index (χ1n) is 5.90. The quantitative estimate of drug-likeness (QED) is 0.770. The standard InChI is InChI=1S/C14H15N3O2/c15-12(9-10-4-6-11(18)7-5-10)14(19)17-13-3-1-2-8-16-13/h1-8,12,18H,9,15H2,(H,16,17,19)/t12-/m0/s1. The number of aromatic hydroxyl groups is 1. The molecule has 0 aliphatic heterocycles. The van der Waals surface area contributed by atoms with Crippen LogP contribution in [0.2, 0.25) is 0 Å². The number of benzene rings is 1. The second-order valence-electron chi connectivity index (χ2n) is 4.18. The largest absolute Gasteiger partial charge is 0.508 e. The summed E-state index contributed by atoms with van der Waals surface area (Å²) in [4.78, 5) is 15.9. The monoisotopic (exact) mass is 257 g/mol. The van der Waals surface area contributed by atoms with E-state index in [1.807, 2.05) is 0 Å². The molecule has 0 spiro atoms. The molecule has 2 aromatic rings. The molecular weight excluding hydrogens is 242 g/mol. The van der Waals surface area contributed by atoms with Gasteiger partial charge in [-0.05, 0) is 36.2 Å². The predicted molar refractivity (Wildman–Crippen MR) is 72.7 cm³/mol. The third kappa shape index (κ3) is 3.79. The fourth-order valence-electron chi connectivity index (χ4n) is 1.63. The van der Waals surface area contributed by atoms with E-state index in [9.17, 15) is 9.90 Å². The molecule has 1 aromatic carbocycles. The van der Waals surface area contributed by atoms with E-state index in [1.165, 1.54) is 0 Å². The van der Waals surface area contributed by atoms with Crippen molar-refractivity contribution in [3.8, 4) is 5.75 Å². The van der Waals surface area contributed by atoms with Crippen LogP contribution in [0.25, 0.3) is 0 Å². The molecule has 5 nitrogen and oxygen atoms in total. The smallest absolute Gasteiger partial charge is 0.242 e. The number of hydrogen-bond acceptors (Lipinski definition) is 4. The lowest BCUT2D eigenvalue weighted by molar-refractivity contribution is -0.117. The maximum Gasteiger partial charge on any atom is 0.242 e. The van der Waals surface area contributed by atoms with Crippen molar-refractivity contribution in [3.63, 3.8) is 0 Å². The van der Waals surface area contributed by atoms with Gasteiger partial charge in [0.1, 0.15) is 11.6 Å². The maximum absolute atomic E-state index is 11.9. The summed E-state index contributed by atoms with van der Waals surface area (Å²) in [5.41, 5.74) is 6.72. The number of hydrogen-bond donors (Lipinski definition) is 3. The Balaban J connectivity index is 1.94. The number of aromatic nitrogens is 1. The van der Waals surface area contributed by atoms with Gasteiger partial charge in [-0.25, -0.2) is 4.98 Å². The summed E-state index contributed by atoms with van der Waals surface area (Å²) in [7, 11) is 0. The lowest BCUT2D eigenvalue weighted by Crippen LogP contribution is -2.37. The summed E-state index contributed by atoms with van der Waals surface area (Å²) in [6.07, 6.45) is 2.00. The molecule has 0 radical (unpaired) electrons. The molecule has 0 saturated heterocycles. The molecule has 1 atom stereocenters. The first kappa shape index (κ1) is 13.0. The minimum absolute atomic E-state index is 0.190. The van der Waals surface area contributed by atoms with Crippen LogP contribution in [0.5, 0.6) is 5.75 Å². The molecule has 19 heavy (non-hydrogen) atoms. The molecule has 4 N–H and O–H groups in total. The topological polar surface area (TPSA) is 88.2 Å². The van der Waals surface area contributed by atoms with Crippen molar-refractivity contribution < 1.29 is 9.90 Å². The van der Waals surface area contributed by atoms with Crippen LogP contribution >= 0.6 is 0 Å². The zero-order valence-corrected chi connectivity index (χ0v) is 10.3. The summed E-state index contributed by atoms with van der Waals surface area (Å²) in [5, 5.41) is 11.8. The molecular formula is C14H15N3O2. The molecule has 0 bridgehead atoms. The molecule has 5 heteroatoms. The van der Waals surface area contributed by atoms with Crippen molar-refractivity contribution in [2.45, 2.75) is 12.5 Å². The number of carbonyl (C=O) groups is 1. The first-order chi connectivity index (χ1) is 9.15. The van der Waals surface area contributed by atoms with Gasteiger partial charge >= 0.3 is 0 Å². The number of pyridine rings is 1. The highest BCUT2D eigenvalue weighted by Gasteiger charge is 2.14. The summed E-state index contributed by atoms with van der Waals surface area (Å²) >= 11 is 0. The molecule has 1 heterocycles. The molecule has 0 aliphatic carbocycles. The van der Waals surface area contributed by atoms with E-state index in [1.54, 1.807) is 48.7 Å². The number of amides is 1. The van der Waals surface area contributed by atoms with Crippen LogP contribution in [0.15, 0.2) is 48.7 Å². The SMILES string of the molecule is N[C@@H](Cc1ccc(O)cc1)C(=O)Nc1ccccn1. The van der Waals surface area contributed by atoms with Crippen LogP contribution in [0.3, 0.4) is 0 Å². The Bertz CT molecular complexity index is 540. The van der Waals surface area contributed by atoms with Crippen molar-refractivity contribution in [2.75, 3.05) is 5.32 Å².